The van der Waals surface area contributed by atoms with E-state index < -0.39 is 12.0 Å². The smallest absolute Gasteiger partial charge is 0.338 e. The molecule has 2 aliphatic rings. The van der Waals surface area contributed by atoms with Crippen molar-refractivity contribution in [3.8, 4) is 0 Å². The standard InChI is InChI=1S/C26H39N5O4/c1-8-35-23(32)21-20(29(7)24(33)27-22(21)19-12-10-9-11-17(19)2)16-30-13-14-31(18(3)15-30)25(34)28-26(4,5)6/h9-12,18,22H,8,13-16H2,1-7H3,(H,27,33)(H,28,34)/t18-,22-/m1/s1. The zero-order valence-electron chi connectivity index (χ0n) is 22.0. The number of nitrogens with zero attached hydrogens (tertiary/aromatic N) is 3. The molecule has 192 valence electrons. The second-order valence-electron chi connectivity index (χ2n) is 10.3. The number of likely N-dealkylation sites (N-methyl/N-ethyl adjacent to an activating group) is 1. The minimum atomic E-state index is -0.592. The van der Waals surface area contributed by atoms with Crippen molar-refractivity contribution < 1.29 is 19.1 Å². The second-order valence-corrected chi connectivity index (χ2v) is 10.3. The molecule has 4 amide bonds. The molecule has 0 aromatic heterocycles. The van der Waals surface area contributed by atoms with E-state index in [1.807, 2.05) is 63.8 Å². The summed E-state index contributed by atoms with van der Waals surface area (Å²) in [5.74, 6) is -0.432. The van der Waals surface area contributed by atoms with Crippen LogP contribution in [0.15, 0.2) is 35.5 Å². The van der Waals surface area contributed by atoms with Gasteiger partial charge >= 0.3 is 18.0 Å². The van der Waals surface area contributed by atoms with Crippen LogP contribution >= 0.6 is 0 Å². The van der Waals surface area contributed by atoms with Crippen LogP contribution in [0.4, 0.5) is 9.59 Å². The van der Waals surface area contributed by atoms with Crippen molar-refractivity contribution in [3.63, 3.8) is 0 Å². The van der Waals surface area contributed by atoms with E-state index in [0.29, 0.717) is 37.4 Å². The summed E-state index contributed by atoms with van der Waals surface area (Å²) in [5, 5.41) is 6.01. The fourth-order valence-electron chi connectivity index (χ4n) is 4.62. The highest BCUT2D eigenvalue weighted by Crippen LogP contribution is 2.33. The summed E-state index contributed by atoms with van der Waals surface area (Å²) < 4.78 is 5.44. The van der Waals surface area contributed by atoms with Crippen molar-refractivity contribution in [1.29, 1.82) is 0 Å². The molecule has 1 aromatic rings. The van der Waals surface area contributed by atoms with Gasteiger partial charge in [0.1, 0.15) is 0 Å². The molecule has 1 saturated heterocycles. The van der Waals surface area contributed by atoms with Gasteiger partial charge in [-0.3, -0.25) is 9.80 Å². The summed E-state index contributed by atoms with van der Waals surface area (Å²) in [6.07, 6.45) is 0. The fourth-order valence-corrected chi connectivity index (χ4v) is 4.62. The Bertz CT molecular complexity index is 1000. The predicted molar refractivity (Wildman–Crippen MR) is 135 cm³/mol. The first kappa shape index (κ1) is 26.5. The van der Waals surface area contributed by atoms with Gasteiger partial charge in [0.05, 0.1) is 18.2 Å². The summed E-state index contributed by atoms with van der Waals surface area (Å²) in [6, 6.07) is 6.77. The van der Waals surface area contributed by atoms with Gasteiger partial charge in [0, 0.05) is 50.5 Å². The second kappa shape index (κ2) is 10.7. The zero-order valence-corrected chi connectivity index (χ0v) is 22.0. The van der Waals surface area contributed by atoms with Crippen LogP contribution in [0.25, 0.3) is 0 Å². The van der Waals surface area contributed by atoms with Crippen LogP contribution in [-0.4, -0.2) is 84.1 Å². The highest BCUT2D eigenvalue weighted by atomic mass is 16.5. The van der Waals surface area contributed by atoms with Gasteiger partial charge in [-0.2, -0.15) is 0 Å². The number of rotatable bonds is 5. The van der Waals surface area contributed by atoms with E-state index in [1.54, 1.807) is 14.0 Å². The molecule has 2 atom stereocenters. The third kappa shape index (κ3) is 6.14. The Kier molecular flexibility index (Phi) is 8.10. The Hall–Kier alpha value is -3.07. The molecule has 0 bridgehead atoms. The van der Waals surface area contributed by atoms with E-state index in [4.69, 9.17) is 4.74 Å². The summed E-state index contributed by atoms with van der Waals surface area (Å²) >= 11 is 0. The number of aryl methyl sites for hydroxylation is 1. The lowest BCUT2D eigenvalue weighted by Gasteiger charge is -2.43. The predicted octanol–water partition coefficient (Wildman–Crippen LogP) is 3.02. The number of carbonyl (C=O) groups is 3. The number of esters is 1. The maximum absolute atomic E-state index is 13.2. The highest BCUT2D eigenvalue weighted by Gasteiger charge is 2.39. The molecule has 2 heterocycles. The van der Waals surface area contributed by atoms with Crippen molar-refractivity contribution in [1.82, 2.24) is 25.3 Å². The number of carbonyl (C=O) groups excluding carboxylic acids is 3. The van der Waals surface area contributed by atoms with Gasteiger partial charge in [-0.15, -0.1) is 0 Å². The van der Waals surface area contributed by atoms with Crippen LogP contribution in [-0.2, 0) is 9.53 Å². The van der Waals surface area contributed by atoms with E-state index >= 15 is 0 Å². The third-order valence-electron chi connectivity index (χ3n) is 6.40. The molecule has 2 N–H and O–H groups in total. The Morgan fingerprint density at radius 2 is 1.89 bits per heavy atom. The first-order chi connectivity index (χ1) is 16.4. The molecule has 1 fully saturated rings. The van der Waals surface area contributed by atoms with Gasteiger partial charge in [-0.05, 0) is 52.7 Å². The number of benzene rings is 1. The van der Waals surface area contributed by atoms with E-state index in [0.717, 1.165) is 11.1 Å². The van der Waals surface area contributed by atoms with Crippen LogP contribution in [0.3, 0.4) is 0 Å². The van der Waals surface area contributed by atoms with E-state index in [-0.39, 0.29) is 30.2 Å². The summed E-state index contributed by atoms with van der Waals surface area (Å²) in [7, 11) is 1.68. The van der Waals surface area contributed by atoms with Crippen LogP contribution in [0.1, 0.15) is 51.8 Å². The number of hydrogen-bond donors (Lipinski definition) is 2. The molecule has 9 heteroatoms. The molecule has 0 unspecified atom stereocenters. The fraction of sp³-hybridized carbons (Fsp3) is 0.577. The van der Waals surface area contributed by atoms with Crippen LogP contribution in [0.2, 0.25) is 0 Å². The van der Waals surface area contributed by atoms with Gasteiger partial charge in [0.25, 0.3) is 0 Å². The summed E-state index contributed by atoms with van der Waals surface area (Å²) in [6.45, 7) is 14.1. The number of ether oxygens (including phenoxy) is 1. The summed E-state index contributed by atoms with van der Waals surface area (Å²) in [5.41, 5.74) is 2.61. The highest BCUT2D eigenvalue weighted by molar-refractivity contribution is 5.95. The van der Waals surface area contributed by atoms with Crippen LogP contribution < -0.4 is 10.6 Å². The number of urea groups is 2. The number of hydrogen-bond acceptors (Lipinski definition) is 5. The molecule has 0 aliphatic carbocycles. The van der Waals surface area contributed by atoms with Crippen molar-refractivity contribution in [2.75, 3.05) is 39.8 Å². The summed E-state index contributed by atoms with van der Waals surface area (Å²) in [4.78, 5) is 44.4. The lowest BCUT2D eigenvalue weighted by atomic mass is 9.91. The van der Waals surface area contributed by atoms with Gasteiger partial charge < -0.3 is 20.3 Å². The average Bonchev–Trinajstić information content (AvgIpc) is 2.76. The Labute approximate surface area is 208 Å². The number of piperazine rings is 1. The lowest BCUT2D eigenvalue weighted by Crippen LogP contribution is -2.59. The number of amides is 4. The Morgan fingerprint density at radius 1 is 1.20 bits per heavy atom. The largest absolute Gasteiger partial charge is 0.463 e. The first-order valence-electron chi connectivity index (χ1n) is 12.2. The molecule has 35 heavy (non-hydrogen) atoms. The van der Waals surface area contributed by atoms with Crippen LogP contribution in [0, 0.1) is 6.92 Å². The van der Waals surface area contributed by atoms with E-state index in [2.05, 4.69) is 15.5 Å². The molecule has 0 spiro atoms. The molecule has 3 rings (SSSR count). The minimum Gasteiger partial charge on any atom is -0.463 e. The van der Waals surface area contributed by atoms with E-state index in [9.17, 15) is 14.4 Å². The van der Waals surface area contributed by atoms with Gasteiger partial charge in [-0.1, -0.05) is 24.3 Å². The van der Waals surface area contributed by atoms with Crippen molar-refractivity contribution in [2.45, 2.75) is 59.2 Å². The quantitative estimate of drug-likeness (QED) is 0.626. The topological polar surface area (TPSA) is 94.2 Å². The van der Waals surface area contributed by atoms with Crippen molar-refractivity contribution >= 4 is 18.0 Å². The van der Waals surface area contributed by atoms with Crippen molar-refractivity contribution in [2.24, 2.45) is 0 Å². The van der Waals surface area contributed by atoms with Crippen LogP contribution in [0.5, 0.6) is 0 Å². The number of nitrogens with one attached hydrogen (secondary N) is 2. The maximum Gasteiger partial charge on any atom is 0.338 e. The molecular formula is C26H39N5O4. The van der Waals surface area contributed by atoms with Crippen molar-refractivity contribution in [3.05, 3.63) is 46.7 Å². The molecule has 0 radical (unpaired) electrons. The third-order valence-corrected chi connectivity index (χ3v) is 6.40. The minimum absolute atomic E-state index is 0.0207. The van der Waals surface area contributed by atoms with Gasteiger partial charge in [0.2, 0.25) is 0 Å². The Balaban J connectivity index is 1.90. The maximum atomic E-state index is 13.2. The average molecular weight is 486 g/mol. The molecule has 1 aromatic carbocycles. The molecule has 2 aliphatic heterocycles. The molecule has 0 saturated carbocycles. The lowest BCUT2D eigenvalue weighted by molar-refractivity contribution is -0.139. The first-order valence-corrected chi connectivity index (χ1v) is 12.2. The molecule has 9 nitrogen and oxygen atoms in total. The zero-order chi connectivity index (χ0) is 25.9. The normalized spacial score (nSPS) is 21.6. The van der Waals surface area contributed by atoms with E-state index in [1.165, 1.54) is 4.90 Å². The Morgan fingerprint density at radius 3 is 2.49 bits per heavy atom. The monoisotopic (exact) mass is 485 g/mol. The van der Waals surface area contributed by atoms with Gasteiger partial charge in [0.15, 0.2) is 0 Å². The van der Waals surface area contributed by atoms with Gasteiger partial charge in [-0.25, -0.2) is 14.4 Å². The molecular weight excluding hydrogens is 446 g/mol. The SMILES string of the molecule is CCOC(=O)C1=C(CN2CCN(C(=O)NC(C)(C)C)[C@H](C)C2)N(C)C(=O)N[C@@H]1c1ccccc1C.